The molecule has 1 atom stereocenters. The lowest BCUT2D eigenvalue weighted by Crippen LogP contribution is -2.03. The molecule has 0 fully saturated rings. The molecular formula is C18H19BrF2. The lowest BCUT2D eigenvalue weighted by atomic mass is 9.95. The first-order valence-electron chi connectivity index (χ1n) is 7.24. The second-order valence-corrected chi connectivity index (χ2v) is 6.25. The highest BCUT2D eigenvalue weighted by Gasteiger charge is 2.15. The number of alkyl halides is 1. The topological polar surface area (TPSA) is 0 Å². The Hall–Kier alpha value is -1.22. The van der Waals surface area contributed by atoms with Gasteiger partial charge in [-0.3, -0.25) is 0 Å². The molecule has 2 aromatic carbocycles. The lowest BCUT2D eigenvalue weighted by Gasteiger charge is -2.16. The van der Waals surface area contributed by atoms with Gasteiger partial charge < -0.3 is 0 Å². The molecule has 0 bridgehead atoms. The van der Waals surface area contributed by atoms with Gasteiger partial charge in [-0.05, 0) is 47.6 Å². The molecule has 0 radical (unpaired) electrons. The van der Waals surface area contributed by atoms with Gasteiger partial charge in [0, 0.05) is 10.9 Å². The lowest BCUT2D eigenvalue weighted by molar-refractivity contribution is 0.571. The van der Waals surface area contributed by atoms with Crippen molar-refractivity contribution in [1.29, 1.82) is 0 Å². The van der Waals surface area contributed by atoms with E-state index < -0.39 is 11.6 Å². The molecule has 0 saturated heterocycles. The first-order valence-corrected chi connectivity index (χ1v) is 8.16. The van der Waals surface area contributed by atoms with E-state index in [9.17, 15) is 8.78 Å². The summed E-state index contributed by atoms with van der Waals surface area (Å²) in [5, 5.41) is 0. The molecule has 0 aliphatic carbocycles. The number of rotatable bonds is 5. The van der Waals surface area contributed by atoms with E-state index in [2.05, 4.69) is 48.0 Å². The highest BCUT2D eigenvalue weighted by atomic mass is 79.9. The van der Waals surface area contributed by atoms with Gasteiger partial charge in [0.15, 0.2) is 0 Å². The Morgan fingerprint density at radius 3 is 2.29 bits per heavy atom. The summed E-state index contributed by atoms with van der Waals surface area (Å²) in [4.78, 5) is 0.0268. The van der Waals surface area contributed by atoms with Crippen molar-refractivity contribution in [3.8, 4) is 0 Å². The quantitative estimate of drug-likeness (QED) is 0.599. The molecular weight excluding hydrogens is 334 g/mol. The van der Waals surface area contributed by atoms with Crippen LogP contribution in [-0.4, -0.2) is 0 Å². The van der Waals surface area contributed by atoms with Crippen molar-refractivity contribution in [3.63, 3.8) is 0 Å². The molecule has 0 heterocycles. The van der Waals surface area contributed by atoms with Gasteiger partial charge in [0.05, 0.1) is 0 Å². The predicted molar refractivity (Wildman–Crippen MR) is 86.9 cm³/mol. The summed E-state index contributed by atoms with van der Waals surface area (Å²) in [5.74, 6) is -1.02. The molecule has 2 aromatic rings. The Kier molecular flexibility index (Phi) is 5.51. The average Bonchev–Trinajstić information content (AvgIpc) is 2.49. The average molecular weight is 353 g/mol. The van der Waals surface area contributed by atoms with Crippen molar-refractivity contribution in [2.45, 2.75) is 37.9 Å². The molecule has 0 N–H and O–H groups in total. The molecule has 0 aliphatic heterocycles. The number of hydrogen-bond donors (Lipinski definition) is 0. The summed E-state index contributed by atoms with van der Waals surface area (Å²) in [7, 11) is 0. The molecule has 3 heteroatoms. The summed E-state index contributed by atoms with van der Waals surface area (Å²) in [6.07, 6.45) is 2.42. The smallest absolute Gasteiger partial charge is 0.129 e. The second-order valence-electron chi connectivity index (χ2n) is 5.15. The molecule has 0 saturated carbocycles. The van der Waals surface area contributed by atoms with Crippen molar-refractivity contribution >= 4 is 15.9 Å². The molecule has 0 aromatic heterocycles. The van der Waals surface area contributed by atoms with Crippen LogP contribution in [0, 0.1) is 11.6 Å². The van der Waals surface area contributed by atoms with Crippen molar-refractivity contribution in [2.24, 2.45) is 0 Å². The second kappa shape index (κ2) is 7.17. The van der Waals surface area contributed by atoms with Crippen LogP contribution in [0.2, 0.25) is 0 Å². The van der Waals surface area contributed by atoms with Gasteiger partial charge in [-0.15, -0.1) is 0 Å². The number of hydrogen-bond acceptors (Lipinski definition) is 0. The Morgan fingerprint density at radius 2 is 1.67 bits per heavy atom. The summed E-state index contributed by atoms with van der Waals surface area (Å²) >= 11 is 3.67. The third-order valence-electron chi connectivity index (χ3n) is 3.75. The van der Waals surface area contributed by atoms with Crippen LogP contribution in [0.4, 0.5) is 8.78 Å². The molecule has 0 nitrogen and oxygen atoms in total. The van der Waals surface area contributed by atoms with Crippen LogP contribution in [0.5, 0.6) is 0 Å². The SMILES string of the molecule is CCc1ccc(CC)c(C(Br)Cc2ccc(F)cc2F)c1. The van der Waals surface area contributed by atoms with E-state index in [0.29, 0.717) is 12.0 Å². The third kappa shape index (κ3) is 3.91. The van der Waals surface area contributed by atoms with Gasteiger partial charge in [-0.2, -0.15) is 0 Å². The summed E-state index contributed by atoms with van der Waals surface area (Å²) in [5.41, 5.74) is 4.26. The fourth-order valence-electron chi connectivity index (χ4n) is 2.47. The van der Waals surface area contributed by atoms with Crippen LogP contribution in [0.15, 0.2) is 36.4 Å². The molecule has 0 aliphatic rings. The van der Waals surface area contributed by atoms with Crippen LogP contribution in [0.1, 0.15) is 40.9 Å². The van der Waals surface area contributed by atoms with Crippen LogP contribution >= 0.6 is 15.9 Å². The van der Waals surface area contributed by atoms with E-state index in [0.717, 1.165) is 18.9 Å². The summed E-state index contributed by atoms with van der Waals surface area (Å²) < 4.78 is 26.8. The highest BCUT2D eigenvalue weighted by molar-refractivity contribution is 9.09. The van der Waals surface area contributed by atoms with Crippen LogP contribution < -0.4 is 0 Å². The number of benzene rings is 2. The van der Waals surface area contributed by atoms with E-state index in [1.54, 1.807) is 0 Å². The monoisotopic (exact) mass is 352 g/mol. The fourth-order valence-corrected chi connectivity index (χ4v) is 3.24. The van der Waals surface area contributed by atoms with Crippen LogP contribution in [0.25, 0.3) is 0 Å². The number of halogens is 3. The van der Waals surface area contributed by atoms with Crippen molar-refractivity contribution in [3.05, 3.63) is 70.3 Å². The molecule has 1 unspecified atom stereocenters. The van der Waals surface area contributed by atoms with Gasteiger partial charge in [-0.25, -0.2) is 8.78 Å². The maximum Gasteiger partial charge on any atom is 0.129 e. The van der Waals surface area contributed by atoms with Gasteiger partial charge >= 0.3 is 0 Å². The first kappa shape index (κ1) is 16.2. The van der Waals surface area contributed by atoms with E-state index >= 15 is 0 Å². The zero-order valence-electron chi connectivity index (χ0n) is 12.3. The van der Waals surface area contributed by atoms with Gasteiger partial charge in [0.25, 0.3) is 0 Å². The zero-order valence-corrected chi connectivity index (χ0v) is 13.9. The van der Waals surface area contributed by atoms with Crippen molar-refractivity contribution in [2.75, 3.05) is 0 Å². The molecule has 0 spiro atoms. The van der Waals surface area contributed by atoms with Crippen LogP contribution in [0.3, 0.4) is 0 Å². The van der Waals surface area contributed by atoms with E-state index in [-0.39, 0.29) is 4.83 Å². The Labute approximate surface area is 133 Å². The largest absolute Gasteiger partial charge is 0.207 e. The van der Waals surface area contributed by atoms with E-state index in [1.807, 2.05) is 0 Å². The van der Waals surface area contributed by atoms with Crippen LogP contribution in [-0.2, 0) is 19.3 Å². The summed E-state index contributed by atoms with van der Waals surface area (Å²) in [6.45, 7) is 4.23. The highest BCUT2D eigenvalue weighted by Crippen LogP contribution is 2.31. The standard InChI is InChI=1S/C18H19BrF2/c1-3-12-5-6-13(4-2)16(9-12)17(19)10-14-7-8-15(20)11-18(14)21/h5-9,11,17H,3-4,10H2,1-2H3. The molecule has 2 rings (SSSR count). The maximum atomic E-state index is 13.8. The Bertz CT molecular complexity index is 623. The van der Waals surface area contributed by atoms with Gasteiger partial charge in [0.2, 0.25) is 0 Å². The minimum atomic E-state index is -0.537. The Morgan fingerprint density at radius 1 is 0.952 bits per heavy atom. The zero-order chi connectivity index (χ0) is 15.4. The van der Waals surface area contributed by atoms with Gasteiger partial charge in [0.1, 0.15) is 11.6 Å². The molecule has 21 heavy (non-hydrogen) atoms. The predicted octanol–water partition coefficient (Wildman–Crippen LogP) is 5.77. The third-order valence-corrected chi connectivity index (χ3v) is 4.57. The molecule has 0 amide bonds. The van der Waals surface area contributed by atoms with Gasteiger partial charge in [-0.1, -0.05) is 54.0 Å². The van der Waals surface area contributed by atoms with Crippen molar-refractivity contribution < 1.29 is 8.78 Å². The van der Waals surface area contributed by atoms with E-state index in [4.69, 9.17) is 0 Å². The maximum absolute atomic E-state index is 13.8. The molecule has 112 valence electrons. The Balaban J connectivity index is 2.28. The minimum absolute atomic E-state index is 0.0268. The normalized spacial score (nSPS) is 12.4. The summed E-state index contributed by atoms with van der Waals surface area (Å²) in [6, 6.07) is 10.2. The van der Waals surface area contributed by atoms with E-state index in [1.165, 1.54) is 28.8 Å². The number of aryl methyl sites for hydroxylation is 2. The minimum Gasteiger partial charge on any atom is -0.207 e. The fraction of sp³-hybridized carbons (Fsp3) is 0.333. The first-order chi connectivity index (χ1) is 10.0. The van der Waals surface area contributed by atoms with Crippen molar-refractivity contribution in [1.82, 2.24) is 0 Å².